The van der Waals surface area contributed by atoms with Gasteiger partial charge in [0, 0.05) is 15.5 Å². The quantitative estimate of drug-likeness (QED) is 0.391. The van der Waals surface area contributed by atoms with Crippen molar-refractivity contribution in [1.29, 1.82) is 0 Å². The first-order valence-electron chi connectivity index (χ1n) is 5.48. The first kappa shape index (κ1) is 13.1. The summed E-state index contributed by atoms with van der Waals surface area (Å²) < 4.78 is 0. The second-order valence-electron chi connectivity index (χ2n) is 3.84. The highest BCUT2D eigenvalue weighted by molar-refractivity contribution is 7.98. The summed E-state index contributed by atoms with van der Waals surface area (Å²) in [7, 11) is 0. The minimum atomic E-state index is -0.230. The Hall–Kier alpha value is -1.30. The lowest BCUT2D eigenvalue weighted by Gasteiger charge is -2.00. The Balaban J connectivity index is 1.96. The molecular weight excluding hydrogens is 264 g/mol. The molecule has 0 fully saturated rings. The van der Waals surface area contributed by atoms with E-state index in [4.69, 9.17) is 5.84 Å². The highest BCUT2D eigenvalue weighted by Gasteiger charge is 2.07. The summed E-state index contributed by atoms with van der Waals surface area (Å²) in [5.41, 5.74) is 3.40. The molecule has 1 aromatic carbocycles. The maximum Gasteiger partial charge on any atom is 0.275 e. The Bertz CT molecular complexity index is 534. The first-order valence-corrected chi connectivity index (χ1v) is 7.28. The molecule has 1 aromatic heterocycles. The van der Waals surface area contributed by atoms with Gasteiger partial charge in [-0.2, -0.15) is 0 Å². The third kappa shape index (κ3) is 3.35. The number of rotatable bonds is 4. The van der Waals surface area contributed by atoms with Crippen molar-refractivity contribution < 1.29 is 4.79 Å². The van der Waals surface area contributed by atoms with Crippen LogP contribution in [0.1, 0.15) is 20.1 Å². The number of thioether (sulfide) groups is 1. The molecular formula is C13H14N2OS2. The summed E-state index contributed by atoms with van der Waals surface area (Å²) >= 11 is 3.24. The Morgan fingerprint density at radius 3 is 2.67 bits per heavy atom. The fourth-order valence-electron chi connectivity index (χ4n) is 1.44. The second kappa shape index (κ2) is 6.04. The van der Waals surface area contributed by atoms with Crippen molar-refractivity contribution in [3.8, 4) is 0 Å². The third-order valence-electron chi connectivity index (χ3n) is 2.42. The number of benzene rings is 1. The molecule has 0 spiro atoms. The molecule has 0 atom stereocenters. The van der Waals surface area contributed by atoms with Crippen LogP contribution in [0.2, 0.25) is 0 Å². The molecule has 5 heteroatoms. The van der Waals surface area contributed by atoms with Crippen LogP contribution in [0.15, 0.2) is 41.3 Å². The lowest BCUT2D eigenvalue weighted by Crippen LogP contribution is -2.29. The van der Waals surface area contributed by atoms with Crippen molar-refractivity contribution in [3.63, 3.8) is 0 Å². The number of hydrazine groups is 1. The van der Waals surface area contributed by atoms with Crippen molar-refractivity contribution in [3.05, 3.63) is 51.7 Å². The van der Waals surface area contributed by atoms with Gasteiger partial charge in [-0.05, 0) is 31.2 Å². The summed E-state index contributed by atoms with van der Waals surface area (Å²) in [5.74, 6) is 5.73. The highest BCUT2D eigenvalue weighted by atomic mass is 32.2. The minimum Gasteiger partial charge on any atom is -0.289 e. The summed E-state index contributed by atoms with van der Waals surface area (Å²) in [6, 6.07) is 12.2. The van der Waals surface area contributed by atoms with E-state index in [1.807, 2.05) is 6.07 Å². The largest absolute Gasteiger partial charge is 0.289 e. The van der Waals surface area contributed by atoms with Crippen LogP contribution in [0, 0.1) is 6.92 Å². The number of amides is 1. The van der Waals surface area contributed by atoms with Gasteiger partial charge in [0.2, 0.25) is 0 Å². The van der Waals surface area contributed by atoms with Gasteiger partial charge in [0.15, 0.2) is 0 Å². The van der Waals surface area contributed by atoms with Gasteiger partial charge in [0.25, 0.3) is 5.91 Å². The number of carbonyl (C=O) groups is 1. The van der Waals surface area contributed by atoms with Crippen molar-refractivity contribution in [2.24, 2.45) is 5.84 Å². The Kier molecular flexibility index (Phi) is 4.41. The van der Waals surface area contributed by atoms with Crippen LogP contribution < -0.4 is 11.3 Å². The Labute approximate surface area is 114 Å². The lowest BCUT2D eigenvalue weighted by molar-refractivity contribution is 0.0957. The van der Waals surface area contributed by atoms with Crippen LogP contribution >= 0.6 is 23.1 Å². The SMILES string of the molecule is Cc1ccc(SCc2ccc(C(=O)NN)s2)cc1. The molecule has 1 amide bonds. The number of nitrogen functional groups attached to an aromatic ring is 1. The standard InChI is InChI=1S/C13H14N2OS2/c1-9-2-4-10(5-3-9)17-8-11-6-7-12(18-11)13(16)15-14/h2-7H,8,14H2,1H3,(H,15,16). The van der Waals surface area contributed by atoms with Gasteiger partial charge >= 0.3 is 0 Å². The molecule has 0 unspecified atom stereocenters. The van der Waals surface area contributed by atoms with Crippen LogP contribution in [0.5, 0.6) is 0 Å². The van der Waals surface area contributed by atoms with E-state index in [-0.39, 0.29) is 5.91 Å². The van der Waals surface area contributed by atoms with E-state index < -0.39 is 0 Å². The zero-order chi connectivity index (χ0) is 13.0. The van der Waals surface area contributed by atoms with Gasteiger partial charge in [0.1, 0.15) is 0 Å². The number of aryl methyl sites for hydroxylation is 1. The average molecular weight is 278 g/mol. The van der Waals surface area contributed by atoms with Crippen molar-refractivity contribution in [2.75, 3.05) is 0 Å². The monoisotopic (exact) mass is 278 g/mol. The average Bonchev–Trinajstić information content (AvgIpc) is 2.86. The van der Waals surface area contributed by atoms with Gasteiger partial charge < -0.3 is 0 Å². The number of hydrogen-bond donors (Lipinski definition) is 2. The topological polar surface area (TPSA) is 55.1 Å². The maximum absolute atomic E-state index is 11.3. The predicted octanol–water partition coefficient (Wildman–Crippen LogP) is 2.95. The van der Waals surface area contributed by atoms with Crippen LogP contribution in [0.4, 0.5) is 0 Å². The molecule has 1 heterocycles. The zero-order valence-corrected chi connectivity index (χ0v) is 11.6. The Morgan fingerprint density at radius 2 is 2.00 bits per heavy atom. The summed E-state index contributed by atoms with van der Waals surface area (Å²) in [6.45, 7) is 2.07. The van der Waals surface area contributed by atoms with Gasteiger partial charge in [0.05, 0.1) is 4.88 Å². The second-order valence-corrected chi connectivity index (χ2v) is 6.06. The van der Waals surface area contributed by atoms with Crippen molar-refractivity contribution in [1.82, 2.24) is 5.43 Å². The molecule has 0 saturated heterocycles. The number of carbonyl (C=O) groups excluding carboxylic acids is 1. The maximum atomic E-state index is 11.3. The lowest BCUT2D eigenvalue weighted by atomic mass is 10.2. The van der Waals surface area contributed by atoms with Gasteiger partial charge in [-0.25, -0.2) is 5.84 Å². The fraction of sp³-hybridized carbons (Fsp3) is 0.154. The number of hydrogen-bond acceptors (Lipinski definition) is 4. The van der Waals surface area contributed by atoms with Gasteiger partial charge in [-0.1, -0.05) is 17.7 Å². The molecule has 0 aliphatic carbocycles. The van der Waals surface area contributed by atoms with E-state index in [0.717, 1.165) is 5.75 Å². The van der Waals surface area contributed by atoms with Crippen LogP contribution in [-0.2, 0) is 5.75 Å². The summed E-state index contributed by atoms with van der Waals surface area (Å²) in [4.78, 5) is 14.4. The van der Waals surface area contributed by atoms with Crippen LogP contribution in [0.25, 0.3) is 0 Å². The number of nitrogens with one attached hydrogen (secondary N) is 1. The molecule has 94 valence electrons. The van der Waals surface area contributed by atoms with E-state index >= 15 is 0 Å². The fourth-order valence-corrected chi connectivity index (χ4v) is 3.29. The number of thiophene rings is 1. The van der Waals surface area contributed by atoms with Gasteiger partial charge in [-0.15, -0.1) is 23.1 Å². The summed E-state index contributed by atoms with van der Waals surface area (Å²) in [6.07, 6.45) is 0. The van der Waals surface area contributed by atoms with Crippen LogP contribution in [-0.4, -0.2) is 5.91 Å². The number of nitrogens with two attached hydrogens (primary N) is 1. The smallest absolute Gasteiger partial charge is 0.275 e. The molecule has 0 radical (unpaired) electrons. The van der Waals surface area contributed by atoms with E-state index in [9.17, 15) is 4.79 Å². The summed E-state index contributed by atoms with van der Waals surface area (Å²) in [5, 5.41) is 0. The van der Waals surface area contributed by atoms with Crippen LogP contribution in [0.3, 0.4) is 0 Å². The highest BCUT2D eigenvalue weighted by Crippen LogP contribution is 2.27. The Morgan fingerprint density at radius 1 is 1.28 bits per heavy atom. The zero-order valence-electron chi connectivity index (χ0n) is 9.97. The van der Waals surface area contributed by atoms with Crippen molar-refractivity contribution >= 4 is 29.0 Å². The van der Waals surface area contributed by atoms with E-state index in [1.54, 1.807) is 17.8 Å². The molecule has 2 aromatic rings. The molecule has 0 aliphatic rings. The normalized spacial score (nSPS) is 10.3. The predicted molar refractivity (Wildman–Crippen MR) is 76.7 cm³/mol. The first-order chi connectivity index (χ1) is 8.69. The van der Waals surface area contributed by atoms with E-state index in [1.165, 1.54) is 26.7 Å². The van der Waals surface area contributed by atoms with E-state index in [0.29, 0.717) is 4.88 Å². The minimum absolute atomic E-state index is 0.230. The molecule has 3 N–H and O–H groups in total. The van der Waals surface area contributed by atoms with E-state index in [2.05, 4.69) is 36.6 Å². The third-order valence-corrected chi connectivity index (χ3v) is 4.75. The van der Waals surface area contributed by atoms with Gasteiger partial charge in [-0.3, -0.25) is 10.2 Å². The molecule has 18 heavy (non-hydrogen) atoms. The molecule has 2 rings (SSSR count). The molecule has 0 bridgehead atoms. The van der Waals surface area contributed by atoms with Crippen molar-refractivity contribution in [2.45, 2.75) is 17.6 Å². The molecule has 0 aliphatic heterocycles. The molecule has 3 nitrogen and oxygen atoms in total. The molecule has 0 saturated carbocycles.